The summed E-state index contributed by atoms with van der Waals surface area (Å²) in [5.74, 6) is 0.675. The van der Waals surface area contributed by atoms with Crippen molar-refractivity contribution in [2.45, 2.75) is 20.3 Å². The maximum absolute atomic E-state index is 11.5. The third-order valence-electron chi connectivity index (χ3n) is 2.01. The van der Waals surface area contributed by atoms with Gasteiger partial charge >= 0.3 is 0 Å². The second-order valence-corrected chi connectivity index (χ2v) is 3.45. The number of furan rings is 1. The molecule has 4 nitrogen and oxygen atoms in total. The normalized spacial score (nSPS) is 10.3. The third kappa shape index (κ3) is 4.16. The molecule has 84 valence electrons. The van der Waals surface area contributed by atoms with Gasteiger partial charge in [-0.3, -0.25) is 4.79 Å². The van der Waals surface area contributed by atoms with E-state index in [0.717, 1.165) is 25.3 Å². The van der Waals surface area contributed by atoms with Crippen molar-refractivity contribution in [3.05, 3.63) is 23.7 Å². The first-order chi connectivity index (χ1) is 7.24. The molecule has 4 heteroatoms. The molecule has 0 fully saturated rings. The van der Waals surface area contributed by atoms with Crippen molar-refractivity contribution < 1.29 is 9.21 Å². The summed E-state index contributed by atoms with van der Waals surface area (Å²) in [6.07, 6.45) is 2.58. The molecule has 0 atom stereocenters. The van der Waals surface area contributed by atoms with Gasteiger partial charge in [0.2, 0.25) is 0 Å². The number of carbonyl (C=O) groups excluding carboxylic acids is 1. The van der Waals surface area contributed by atoms with Crippen molar-refractivity contribution in [2.75, 3.05) is 19.6 Å². The van der Waals surface area contributed by atoms with Crippen molar-refractivity contribution >= 4 is 5.91 Å². The molecule has 0 radical (unpaired) electrons. The molecule has 0 aliphatic carbocycles. The highest BCUT2D eigenvalue weighted by Gasteiger charge is 2.06. The molecule has 0 saturated heterocycles. The van der Waals surface area contributed by atoms with Crippen LogP contribution >= 0.6 is 0 Å². The Morgan fingerprint density at radius 3 is 2.80 bits per heavy atom. The lowest BCUT2D eigenvalue weighted by atomic mass is 10.3. The standard InChI is InChI=1S/C11H18N2O2/c1-3-4-12-5-6-13-11(14)10-7-9(2)15-8-10/h7-8,12H,3-6H2,1-2H3,(H,13,14). The average molecular weight is 210 g/mol. The summed E-state index contributed by atoms with van der Waals surface area (Å²) >= 11 is 0. The van der Waals surface area contributed by atoms with Crippen molar-refractivity contribution in [1.82, 2.24) is 10.6 Å². The number of nitrogens with one attached hydrogen (secondary N) is 2. The Labute approximate surface area is 90.0 Å². The SMILES string of the molecule is CCCNCCNC(=O)c1coc(C)c1. The summed E-state index contributed by atoms with van der Waals surface area (Å²) in [5.41, 5.74) is 0.586. The van der Waals surface area contributed by atoms with Crippen molar-refractivity contribution in [3.63, 3.8) is 0 Å². The quantitative estimate of drug-likeness (QED) is 0.696. The van der Waals surface area contributed by atoms with E-state index in [2.05, 4.69) is 17.6 Å². The van der Waals surface area contributed by atoms with E-state index in [1.165, 1.54) is 6.26 Å². The Bertz CT molecular complexity index is 307. The smallest absolute Gasteiger partial charge is 0.254 e. The minimum Gasteiger partial charge on any atom is -0.469 e. The predicted molar refractivity (Wildman–Crippen MR) is 58.9 cm³/mol. The molecule has 1 aromatic heterocycles. The van der Waals surface area contributed by atoms with Gasteiger partial charge in [0.05, 0.1) is 5.56 Å². The summed E-state index contributed by atoms with van der Waals surface area (Å²) in [6.45, 7) is 6.36. The van der Waals surface area contributed by atoms with Crippen molar-refractivity contribution in [2.24, 2.45) is 0 Å². The summed E-state index contributed by atoms with van der Waals surface area (Å²) < 4.78 is 5.05. The summed E-state index contributed by atoms with van der Waals surface area (Å²) in [5, 5.41) is 6.02. The zero-order chi connectivity index (χ0) is 11.1. The van der Waals surface area contributed by atoms with Crippen molar-refractivity contribution in [3.8, 4) is 0 Å². The molecule has 0 aliphatic heterocycles. The van der Waals surface area contributed by atoms with Crippen LogP contribution in [0.15, 0.2) is 16.7 Å². The molecule has 0 aliphatic rings. The van der Waals surface area contributed by atoms with E-state index < -0.39 is 0 Å². The Balaban J connectivity index is 2.19. The third-order valence-corrected chi connectivity index (χ3v) is 2.01. The first-order valence-corrected chi connectivity index (χ1v) is 5.28. The van der Waals surface area contributed by atoms with Gasteiger partial charge in [0.15, 0.2) is 0 Å². The Kier molecular flexibility index (Phi) is 4.90. The fourth-order valence-electron chi connectivity index (χ4n) is 1.23. The second kappa shape index (κ2) is 6.24. The van der Waals surface area contributed by atoms with E-state index in [9.17, 15) is 4.79 Å². The number of aryl methyl sites for hydroxylation is 1. The van der Waals surface area contributed by atoms with Gasteiger partial charge in [0.1, 0.15) is 12.0 Å². The van der Waals surface area contributed by atoms with Crippen LogP contribution < -0.4 is 10.6 Å². The zero-order valence-electron chi connectivity index (χ0n) is 9.30. The van der Waals surface area contributed by atoms with Crippen LogP contribution in [0.3, 0.4) is 0 Å². The number of hydrogen-bond acceptors (Lipinski definition) is 3. The van der Waals surface area contributed by atoms with Gasteiger partial charge in [0.25, 0.3) is 5.91 Å². The fourth-order valence-corrected chi connectivity index (χ4v) is 1.23. The van der Waals surface area contributed by atoms with Gasteiger partial charge < -0.3 is 15.1 Å². The van der Waals surface area contributed by atoms with Crippen LogP contribution in [0.2, 0.25) is 0 Å². The fraction of sp³-hybridized carbons (Fsp3) is 0.545. The molecule has 1 heterocycles. The van der Waals surface area contributed by atoms with Crippen molar-refractivity contribution in [1.29, 1.82) is 0 Å². The molecule has 0 saturated carbocycles. The molecule has 0 unspecified atom stereocenters. The molecule has 0 bridgehead atoms. The highest BCUT2D eigenvalue weighted by Crippen LogP contribution is 2.05. The number of hydrogen-bond donors (Lipinski definition) is 2. The van der Waals surface area contributed by atoms with E-state index in [1.54, 1.807) is 6.07 Å². The molecular formula is C11H18N2O2. The van der Waals surface area contributed by atoms with Crippen LogP contribution in [-0.4, -0.2) is 25.5 Å². The van der Waals surface area contributed by atoms with E-state index >= 15 is 0 Å². The molecule has 0 aromatic carbocycles. The first kappa shape index (κ1) is 11.8. The highest BCUT2D eigenvalue weighted by atomic mass is 16.3. The molecule has 15 heavy (non-hydrogen) atoms. The minimum absolute atomic E-state index is 0.0786. The lowest BCUT2D eigenvalue weighted by Crippen LogP contribution is -2.31. The van der Waals surface area contributed by atoms with Gasteiger partial charge in [-0.15, -0.1) is 0 Å². The predicted octanol–water partition coefficient (Wildman–Crippen LogP) is 1.32. The molecule has 1 amide bonds. The summed E-state index contributed by atoms with van der Waals surface area (Å²) in [6, 6.07) is 1.73. The lowest BCUT2D eigenvalue weighted by Gasteiger charge is -2.04. The maximum atomic E-state index is 11.5. The highest BCUT2D eigenvalue weighted by molar-refractivity contribution is 5.93. The second-order valence-electron chi connectivity index (χ2n) is 3.45. The van der Waals surface area contributed by atoms with Crippen LogP contribution in [0.1, 0.15) is 29.5 Å². The van der Waals surface area contributed by atoms with Gasteiger partial charge in [-0.25, -0.2) is 0 Å². The van der Waals surface area contributed by atoms with Crippen LogP contribution in [0, 0.1) is 6.92 Å². The Morgan fingerprint density at radius 2 is 2.20 bits per heavy atom. The van der Waals surface area contributed by atoms with E-state index in [0.29, 0.717) is 12.1 Å². The van der Waals surface area contributed by atoms with E-state index in [-0.39, 0.29) is 5.91 Å². The van der Waals surface area contributed by atoms with Crippen LogP contribution in [-0.2, 0) is 0 Å². The average Bonchev–Trinajstić information content (AvgIpc) is 2.64. The maximum Gasteiger partial charge on any atom is 0.254 e. The van der Waals surface area contributed by atoms with E-state index in [4.69, 9.17) is 4.42 Å². The summed E-state index contributed by atoms with van der Waals surface area (Å²) in [7, 11) is 0. The number of amides is 1. The van der Waals surface area contributed by atoms with Gasteiger partial charge in [0, 0.05) is 13.1 Å². The van der Waals surface area contributed by atoms with Gasteiger partial charge in [-0.05, 0) is 26.0 Å². The molecule has 0 spiro atoms. The first-order valence-electron chi connectivity index (χ1n) is 5.28. The van der Waals surface area contributed by atoms with E-state index in [1.807, 2.05) is 6.92 Å². The van der Waals surface area contributed by atoms with Gasteiger partial charge in [-0.2, -0.15) is 0 Å². The Hall–Kier alpha value is -1.29. The monoisotopic (exact) mass is 210 g/mol. The van der Waals surface area contributed by atoms with Crippen LogP contribution in [0.5, 0.6) is 0 Å². The molecule has 1 aromatic rings. The number of carbonyl (C=O) groups is 1. The zero-order valence-corrected chi connectivity index (χ0v) is 9.30. The van der Waals surface area contributed by atoms with Crippen LogP contribution in [0.4, 0.5) is 0 Å². The topological polar surface area (TPSA) is 54.3 Å². The lowest BCUT2D eigenvalue weighted by molar-refractivity contribution is 0.0953. The molecule has 2 N–H and O–H groups in total. The minimum atomic E-state index is -0.0786. The number of rotatable bonds is 6. The largest absolute Gasteiger partial charge is 0.469 e. The molecular weight excluding hydrogens is 192 g/mol. The molecule has 1 rings (SSSR count). The van der Waals surface area contributed by atoms with Crippen LogP contribution in [0.25, 0.3) is 0 Å². The Morgan fingerprint density at radius 1 is 1.40 bits per heavy atom. The van der Waals surface area contributed by atoms with Gasteiger partial charge in [-0.1, -0.05) is 6.92 Å². The summed E-state index contributed by atoms with van der Waals surface area (Å²) in [4.78, 5) is 11.5.